The summed E-state index contributed by atoms with van der Waals surface area (Å²) in [6, 6.07) is 19.8. The Kier molecular flexibility index (Phi) is 5.29. The maximum Gasteiger partial charge on any atom is 0.273 e. The van der Waals surface area contributed by atoms with Crippen LogP contribution < -0.4 is 5.32 Å². The van der Waals surface area contributed by atoms with E-state index in [0.717, 1.165) is 12.0 Å². The van der Waals surface area contributed by atoms with Crippen LogP contribution >= 0.6 is 0 Å². The highest BCUT2D eigenvalue weighted by Crippen LogP contribution is 2.21. The van der Waals surface area contributed by atoms with Crippen molar-refractivity contribution in [1.82, 2.24) is 10.5 Å². The normalized spacial score (nSPS) is 11.9. The van der Waals surface area contributed by atoms with E-state index >= 15 is 0 Å². The van der Waals surface area contributed by atoms with Gasteiger partial charge in [0.05, 0.1) is 0 Å². The minimum Gasteiger partial charge on any atom is -0.355 e. The van der Waals surface area contributed by atoms with Gasteiger partial charge in [0.2, 0.25) is 0 Å². The molecule has 4 heteroatoms. The van der Waals surface area contributed by atoms with Crippen molar-refractivity contribution in [2.24, 2.45) is 0 Å². The van der Waals surface area contributed by atoms with Crippen molar-refractivity contribution >= 4 is 5.91 Å². The number of benzene rings is 2. The van der Waals surface area contributed by atoms with Crippen LogP contribution in [0.4, 0.5) is 0 Å². The van der Waals surface area contributed by atoms with Crippen LogP contribution in [0.5, 0.6) is 0 Å². The van der Waals surface area contributed by atoms with Gasteiger partial charge in [-0.15, -0.1) is 0 Å². The van der Waals surface area contributed by atoms with Crippen LogP contribution in [-0.4, -0.2) is 17.6 Å². The van der Waals surface area contributed by atoms with E-state index < -0.39 is 0 Å². The van der Waals surface area contributed by atoms with Crippen molar-refractivity contribution in [1.29, 1.82) is 0 Å². The molecule has 0 saturated heterocycles. The van der Waals surface area contributed by atoms with Crippen LogP contribution in [-0.2, 0) is 0 Å². The highest BCUT2D eigenvalue weighted by atomic mass is 16.5. The largest absolute Gasteiger partial charge is 0.355 e. The number of carbonyl (C=O) groups excluding carboxylic acids is 1. The standard InChI is InChI=1S/C21H22N2O2/c1-3-16(17-7-5-4-6-8-17)14-22-21(24)19-13-20(25-23-19)18-11-9-15(2)10-12-18/h4-13,16H,3,14H2,1-2H3,(H,22,24). The van der Waals surface area contributed by atoms with Crippen molar-refractivity contribution in [3.63, 3.8) is 0 Å². The molecule has 0 aliphatic carbocycles. The summed E-state index contributed by atoms with van der Waals surface area (Å²) in [6.45, 7) is 4.72. The Bertz CT molecular complexity index is 823. The molecule has 0 saturated carbocycles. The molecule has 25 heavy (non-hydrogen) atoms. The molecule has 128 valence electrons. The van der Waals surface area contributed by atoms with Gasteiger partial charge >= 0.3 is 0 Å². The third-order valence-corrected chi connectivity index (χ3v) is 4.35. The Morgan fingerprint density at radius 2 is 1.84 bits per heavy atom. The Balaban J connectivity index is 1.64. The average molecular weight is 334 g/mol. The van der Waals surface area contributed by atoms with Gasteiger partial charge in [0.25, 0.3) is 5.91 Å². The summed E-state index contributed by atoms with van der Waals surface area (Å²) in [4.78, 5) is 12.4. The number of amides is 1. The lowest BCUT2D eigenvalue weighted by Crippen LogP contribution is -2.28. The van der Waals surface area contributed by atoms with Gasteiger partial charge in [-0.3, -0.25) is 4.79 Å². The number of aromatic nitrogens is 1. The summed E-state index contributed by atoms with van der Waals surface area (Å²) >= 11 is 0. The van der Waals surface area contributed by atoms with Crippen LogP contribution in [0.15, 0.2) is 65.2 Å². The first-order valence-electron chi connectivity index (χ1n) is 8.54. The third-order valence-electron chi connectivity index (χ3n) is 4.35. The Morgan fingerprint density at radius 3 is 2.52 bits per heavy atom. The number of carbonyl (C=O) groups is 1. The van der Waals surface area contributed by atoms with Gasteiger partial charge in [0.1, 0.15) is 0 Å². The van der Waals surface area contributed by atoms with E-state index in [4.69, 9.17) is 4.52 Å². The van der Waals surface area contributed by atoms with E-state index in [9.17, 15) is 4.79 Å². The van der Waals surface area contributed by atoms with Crippen LogP contribution in [0.2, 0.25) is 0 Å². The number of rotatable bonds is 6. The smallest absolute Gasteiger partial charge is 0.273 e. The molecule has 3 rings (SSSR count). The van der Waals surface area contributed by atoms with E-state index in [0.29, 0.717) is 18.0 Å². The minimum atomic E-state index is -0.212. The molecule has 4 nitrogen and oxygen atoms in total. The number of nitrogens with one attached hydrogen (secondary N) is 1. The third kappa shape index (κ3) is 4.15. The van der Waals surface area contributed by atoms with E-state index in [1.54, 1.807) is 6.07 Å². The van der Waals surface area contributed by atoms with Gasteiger partial charge in [-0.1, -0.05) is 72.2 Å². The van der Waals surface area contributed by atoms with Gasteiger partial charge in [-0.05, 0) is 18.9 Å². The van der Waals surface area contributed by atoms with Gasteiger partial charge in [-0.2, -0.15) is 0 Å². The summed E-state index contributed by atoms with van der Waals surface area (Å²) in [7, 11) is 0. The number of nitrogens with zero attached hydrogens (tertiary/aromatic N) is 1. The maximum absolute atomic E-state index is 12.4. The monoisotopic (exact) mass is 334 g/mol. The van der Waals surface area contributed by atoms with Crippen molar-refractivity contribution < 1.29 is 9.32 Å². The highest BCUT2D eigenvalue weighted by molar-refractivity contribution is 5.93. The van der Waals surface area contributed by atoms with E-state index in [-0.39, 0.29) is 11.8 Å². The molecule has 1 atom stereocenters. The quantitative estimate of drug-likeness (QED) is 0.718. The number of aryl methyl sites for hydroxylation is 1. The summed E-state index contributed by atoms with van der Waals surface area (Å²) < 4.78 is 5.32. The lowest BCUT2D eigenvalue weighted by molar-refractivity contribution is 0.0942. The zero-order valence-electron chi connectivity index (χ0n) is 14.5. The molecular weight excluding hydrogens is 312 g/mol. The van der Waals surface area contributed by atoms with Crippen molar-refractivity contribution in [3.8, 4) is 11.3 Å². The molecule has 1 unspecified atom stereocenters. The first-order valence-corrected chi connectivity index (χ1v) is 8.54. The number of hydrogen-bond acceptors (Lipinski definition) is 3. The fourth-order valence-corrected chi connectivity index (χ4v) is 2.77. The Morgan fingerprint density at radius 1 is 1.12 bits per heavy atom. The molecule has 2 aromatic carbocycles. The maximum atomic E-state index is 12.4. The molecule has 0 radical (unpaired) electrons. The first kappa shape index (κ1) is 17.0. The first-order chi connectivity index (χ1) is 12.2. The molecule has 1 heterocycles. The number of hydrogen-bond donors (Lipinski definition) is 1. The van der Waals surface area contributed by atoms with Gasteiger partial charge < -0.3 is 9.84 Å². The second-order valence-electron chi connectivity index (χ2n) is 6.17. The molecular formula is C21H22N2O2. The summed E-state index contributed by atoms with van der Waals surface area (Å²) in [5.41, 5.74) is 3.62. The molecule has 0 aliphatic rings. The van der Waals surface area contributed by atoms with Crippen LogP contribution in [0.25, 0.3) is 11.3 Å². The van der Waals surface area contributed by atoms with Crippen molar-refractivity contribution in [3.05, 3.63) is 77.5 Å². The SMILES string of the molecule is CCC(CNC(=O)c1cc(-c2ccc(C)cc2)on1)c1ccccc1. The molecule has 1 amide bonds. The molecule has 0 aliphatic heterocycles. The zero-order valence-corrected chi connectivity index (χ0v) is 14.5. The fourth-order valence-electron chi connectivity index (χ4n) is 2.77. The zero-order chi connectivity index (χ0) is 17.6. The fraction of sp³-hybridized carbons (Fsp3) is 0.238. The molecule has 1 aromatic heterocycles. The Labute approximate surface area is 147 Å². The highest BCUT2D eigenvalue weighted by Gasteiger charge is 2.16. The second kappa shape index (κ2) is 7.79. The van der Waals surface area contributed by atoms with Crippen molar-refractivity contribution in [2.75, 3.05) is 6.54 Å². The topological polar surface area (TPSA) is 55.1 Å². The summed E-state index contributed by atoms with van der Waals surface area (Å²) in [6.07, 6.45) is 0.956. The molecule has 3 aromatic rings. The van der Waals surface area contributed by atoms with E-state index in [1.165, 1.54) is 11.1 Å². The van der Waals surface area contributed by atoms with Crippen LogP contribution in [0, 0.1) is 6.92 Å². The predicted octanol–water partition coefficient (Wildman–Crippen LogP) is 4.57. The summed E-state index contributed by atoms with van der Waals surface area (Å²) in [5.74, 6) is 0.672. The van der Waals surface area contributed by atoms with Crippen LogP contribution in [0.3, 0.4) is 0 Å². The van der Waals surface area contributed by atoms with Gasteiger partial charge in [0.15, 0.2) is 11.5 Å². The molecule has 1 N–H and O–H groups in total. The predicted molar refractivity (Wildman–Crippen MR) is 98.5 cm³/mol. The minimum absolute atomic E-state index is 0.212. The van der Waals surface area contributed by atoms with Gasteiger partial charge in [0, 0.05) is 24.1 Å². The van der Waals surface area contributed by atoms with E-state index in [2.05, 4.69) is 29.5 Å². The summed E-state index contributed by atoms with van der Waals surface area (Å²) in [5, 5.41) is 6.87. The van der Waals surface area contributed by atoms with Gasteiger partial charge in [-0.25, -0.2) is 0 Å². The molecule has 0 bridgehead atoms. The van der Waals surface area contributed by atoms with Crippen molar-refractivity contribution in [2.45, 2.75) is 26.2 Å². The lowest BCUT2D eigenvalue weighted by Gasteiger charge is -2.15. The van der Waals surface area contributed by atoms with E-state index in [1.807, 2.05) is 49.4 Å². The molecule has 0 spiro atoms. The van der Waals surface area contributed by atoms with Crippen LogP contribution in [0.1, 0.15) is 40.9 Å². The molecule has 0 fully saturated rings. The average Bonchev–Trinajstić information content (AvgIpc) is 3.14. The second-order valence-corrected chi connectivity index (χ2v) is 6.17. The lowest BCUT2D eigenvalue weighted by atomic mass is 9.96. The Hall–Kier alpha value is -2.88.